The Kier molecular flexibility index (Phi) is 5.71. The average Bonchev–Trinajstić information content (AvgIpc) is 3.20. The van der Waals surface area contributed by atoms with Crippen molar-refractivity contribution in [1.82, 2.24) is 14.8 Å². The molecule has 1 aliphatic heterocycles. The monoisotopic (exact) mass is 393 g/mol. The lowest BCUT2D eigenvalue weighted by Crippen LogP contribution is -2.49. The van der Waals surface area contributed by atoms with E-state index in [9.17, 15) is 4.79 Å². The van der Waals surface area contributed by atoms with Crippen molar-refractivity contribution in [2.75, 3.05) is 46.4 Å². The van der Waals surface area contributed by atoms with Crippen molar-refractivity contribution in [3.63, 3.8) is 0 Å². The van der Waals surface area contributed by atoms with Crippen molar-refractivity contribution in [3.8, 4) is 11.5 Å². The van der Waals surface area contributed by atoms with Crippen LogP contribution in [-0.2, 0) is 0 Å². The summed E-state index contributed by atoms with van der Waals surface area (Å²) in [5.74, 6) is 1.74. The Bertz CT molecular complexity index is 973. The van der Waals surface area contributed by atoms with E-state index < -0.39 is 0 Å². The minimum Gasteiger partial charge on any atom is -0.497 e. The molecular formula is C23H27N3O3. The van der Waals surface area contributed by atoms with Gasteiger partial charge in [-0.05, 0) is 42.8 Å². The minimum absolute atomic E-state index is 0.0785. The Balaban J connectivity index is 1.26. The third kappa shape index (κ3) is 4.38. The van der Waals surface area contributed by atoms with E-state index in [1.807, 2.05) is 47.4 Å². The third-order valence-corrected chi connectivity index (χ3v) is 5.49. The predicted octanol–water partition coefficient (Wildman–Crippen LogP) is 3.32. The van der Waals surface area contributed by atoms with Crippen molar-refractivity contribution in [2.45, 2.75) is 6.92 Å². The van der Waals surface area contributed by atoms with Crippen LogP contribution in [0.3, 0.4) is 0 Å². The maximum absolute atomic E-state index is 12.9. The largest absolute Gasteiger partial charge is 0.497 e. The van der Waals surface area contributed by atoms with Gasteiger partial charge in [0.15, 0.2) is 0 Å². The molecule has 1 fully saturated rings. The number of amides is 1. The van der Waals surface area contributed by atoms with Crippen LogP contribution >= 0.6 is 0 Å². The first kappa shape index (κ1) is 19.3. The number of hydrogen-bond acceptors (Lipinski definition) is 4. The number of benzene rings is 2. The lowest BCUT2D eigenvalue weighted by molar-refractivity contribution is 0.0615. The number of aromatic nitrogens is 1. The standard InChI is InChI=1S/C23H27N3O3/c1-17-4-3-5-18-16-21(24-22(17)18)23(27)26-12-10-25(11-13-26)14-15-29-20-8-6-19(28-2)7-9-20/h3-9,16,24H,10-15H2,1-2H3. The molecule has 3 aromatic rings. The molecule has 2 aromatic carbocycles. The number of ether oxygens (including phenoxy) is 2. The molecule has 1 N–H and O–H groups in total. The lowest BCUT2D eigenvalue weighted by atomic mass is 10.2. The third-order valence-electron chi connectivity index (χ3n) is 5.49. The summed E-state index contributed by atoms with van der Waals surface area (Å²) in [6.07, 6.45) is 0. The molecule has 0 radical (unpaired) electrons. The maximum atomic E-state index is 12.9. The van der Waals surface area contributed by atoms with Crippen LogP contribution < -0.4 is 9.47 Å². The summed E-state index contributed by atoms with van der Waals surface area (Å²) in [4.78, 5) is 20.4. The molecule has 4 rings (SSSR count). The fourth-order valence-electron chi connectivity index (χ4n) is 3.73. The summed E-state index contributed by atoms with van der Waals surface area (Å²) in [6, 6.07) is 15.7. The smallest absolute Gasteiger partial charge is 0.270 e. The molecule has 1 amide bonds. The average molecular weight is 393 g/mol. The molecule has 0 unspecified atom stereocenters. The van der Waals surface area contributed by atoms with Gasteiger partial charge < -0.3 is 19.4 Å². The van der Waals surface area contributed by atoms with Crippen LogP contribution in [0.5, 0.6) is 11.5 Å². The summed E-state index contributed by atoms with van der Waals surface area (Å²) in [7, 11) is 1.65. The number of nitrogens with zero attached hydrogens (tertiary/aromatic N) is 2. The molecular weight excluding hydrogens is 366 g/mol. The summed E-state index contributed by atoms with van der Waals surface area (Å²) in [5.41, 5.74) is 2.87. The highest BCUT2D eigenvalue weighted by Crippen LogP contribution is 2.20. The van der Waals surface area contributed by atoms with Gasteiger partial charge in [0.25, 0.3) is 5.91 Å². The first-order chi connectivity index (χ1) is 14.1. The molecule has 0 atom stereocenters. The Hall–Kier alpha value is -2.99. The molecule has 1 aromatic heterocycles. The van der Waals surface area contributed by atoms with Gasteiger partial charge >= 0.3 is 0 Å². The van der Waals surface area contributed by atoms with Gasteiger partial charge in [0.1, 0.15) is 23.8 Å². The van der Waals surface area contributed by atoms with E-state index in [2.05, 4.69) is 22.9 Å². The number of carbonyl (C=O) groups excluding carboxylic acids is 1. The van der Waals surface area contributed by atoms with Crippen molar-refractivity contribution < 1.29 is 14.3 Å². The summed E-state index contributed by atoms with van der Waals surface area (Å²) in [5, 5.41) is 1.09. The van der Waals surface area contributed by atoms with E-state index in [0.29, 0.717) is 12.3 Å². The fraction of sp³-hybridized carbons (Fsp3) is 0.348. The zero-order valence-electron chi connectivity index (χ0n) is 17.0. The lowest BCUT2D eigenvalue weighted by Gasteiger charge is -2.34. The Morgan fingerprint density at radius 2 is 1.76 bits per heavy atom. The van der Waals surface area contributed by atoms with Crippen LogP contribution in [0.15, 0.2) is 48.5 Å². The first-order valence-corrected chi connectivity index (χ1v) is 10.0. The van der Waals surface area contributed by atoms with Crippen LogP contribution in [0.25, 0.3) is 10.9 Å². The number of methoxy groups -OCH3 is 1. The Morgan fingerprint density at radius 1 is 1.03 bits per heavy atom. The van der Waals surface area contributed by atoms with E-state index in [4.69, 9.17) is 9.47 Å². The van der Waals surface area contributed by atoms with Gasteiger partial charge in [-0.25, -0.2) is 0 Å². The number of para-hydroxylation sites is 1. The topological polar surface area (TPSA) is 57.8 Å². The van der Waals surface area contributed by atoms with E-state index in [1.165, 1.54) is 0 Å². The normalized spacial score (nSPS) is 14.9. The summed E-state index contributed by atoms with van der Waals surface area (Å²) in [6.45, 7) is 6.71. The van der Waals surface area contributed by atoms with Crippen molar-refractivity contribution in [3.05, 3.63) is 59.8 Å². The SMILES string of the molecule is COc1ccc(OCCN2CCN(C(=O)c3cc4cccc(C)c4[nH]3)CC2)cc1. The zero-order chi connectivity index (χ0) is 20.2. The fourth-order valence-corrected chi connectivity index (χ4v) is 3.73. The van der Waals surface area contributed by atoms with Gasteiger partial charge in [-0.3, -0.25) is 9.69 Å². The van der Waals surface area contributed by atoms with E-state index in [0.717, 1.165) is 60.7 Å². The highest BCUT2D eigenvalue weighted by Gasteiger charge is 2.23. The van der Waals surface area contributed by atoms with Gasteiger partial charge in [-0.1, -0.05) is 18.2 Å². The molecule has 0 spiro atoms. The molecule has 6 heteroatoms. The highest BCUT2D eigenvalue weighted by molar-refractivity contribution is 5.98. The molecule has 2 heterocycles. The first-order valence-electron chi connectivity index (χ1n) is 10.0. The van der Waals surface area contributed by atoms with Crippen molar-refractivity contribution >= 4 is 16.8 Å². The second kappa shape index (κ2) is 8.57. The number of hydrogen-bond donors (Lipinski definition) is 1. The number of nitrogens with one attached hydrogen (secondary N) is 1. The second-order valence-corrected chi connectivity index (χ2v) is 7.38. The van der Waals surface area contributed by atoms with Crippen LogP contribution in [0.2, 0.25) is 0 Å². The van der Waals surface area contributed by atoms with Gasteiger partial charge in [0.2, 0.25) is 0 Å². The molecule has 0 bridgehead atoms. The Labute approximate surface area is 171 Å². The van der Waals surface area contributed by atoms with Crippen molar-refractivity contribution in [2.24, 2.45) is 0 Å². The van der Waals surface area contributed by atoms with Gasteiger partial charge in [-0.2, -0.15) is 0 Å². The Morgan fingerprint density at radius 3 is 2.45 bits per heavy atom. The van der Waals surface area contributed by atoms with Gasteiger partial charge in [-0.15, -0.1) is 0 Å². The molecule has 152 valence electrons. The number of H-pyrrole nitrogens is 1. The minimum atomic E-state index is 0.0785. The highest BCUT2D eigenvalue weighted by atomic mass is 16.5. The second-order valence-electron chi connectivity index (χ2n) is 7.38. The van der Waals surface area contributed by atoms with Crippen LogP contribution in [0.4, 0.5) is 0 Å². The molecule has 0 saturated carbocycles. The van der Waals surface area contributed by atoms with E-state index in [-0.39, 0.29) is 5.91 Å². The van der Waals surface area contributed by atoms with E-state index >= 15 is 0 Å². The van der Waals surface area contributed by atoms with Crippen LogP contribution in [0.1, 0.15) is 16.1 Å². The predicted molar refractivity (Wildman–Crippen MR) is 114 cm³/mol. The molecule has 6 nitrogen and oxygen atoms in total. The molecule has 29 heavy (non-hydrogen) atoms. The van der Waals surface area contributed by atoms with Crippen molar-refractivity contribution in [1.29, 1.82) is 0 Å². The zero-order valence-corrected chi connectivity index (χ0v) is 17.0. The summed E-state index contributed by atoms with van der Waals surface area (Å²) >= 11 is 0. The number of rotatable bonds is 6. The molecule has 1 saturated heterocycles. The van der Waals surface area contributed by atoms with Crippen LogP contribution in [0, 0.1) is 6.92 Å². The quantitative estimate of drug-likeness (QED) is 0.698. The maximum Gasteiger partial charge on any atom is 0.270 e. The van der Waals surface area contributed by atoms with Gasteiger partial charge in [0, 0.05) is 43.6 Å². The van der Waals surface area contributed by atoms with E-state index in [1.54, 1.807) is 7.11 Å². The number of carbonyl (C=O) groups is 1. The number of aromatic amines is 1. The summed E-state index contributed by atoms with van der Waals surface area (Å²) < 4.78 is 11.0. The van der Waals surface area contributed by atoms with Crippen LogP contribution in [-0.4, -0.2) is 67.1 Å². The number of piperazine rings is 1. The molecule has 1 aliphatic rings. The number of fused-ring (bicyclic) bond motifs is 1. The molecule has 0 aliphatic carbocycles. The number of aryl methyl sites for hydroxylation is 1. The van der Waals surface area contributed by atoms with Gasteiger partial charge in [0.05, 0.1) is 7.11 Å².